The van der Waals surface area contributed by atoms with Crippen LogP contribution in [0.5, 0.6) is 0 Å². The summed E-state index contributed by atoms with van der Waals surface area (Å²) in [5.41, 5.74) is 0.392. The van der Waals surface area contributed by atoms with Gasteiger partial charge in [-0.2, -0.15) is 0 Å². The Hall–Kier alpha value is -0.120. The van der Waals surface area contributed by atoms with Crippen LogP contribution in [0.1, 0.15) is 26.7 Å². The summed E-state index contributed by atoms with van der Waals surface area (Å²) in [4.78, 5) is 5.15. The maximum absolute atomic E-state index is 3.47. The maximum Gasteiger partial charge on any atom is 0.0183 e. The van der Waals surface area contributed by atoms with Crippen LogP contribution in [0.4, 0.5) is 0 Å². The van der Waals surface area contributed by atoms with Crippen LogP contribution in [-0.4, -0.2) is 61.7 Å². The molecule has 0 aromatic heterocycles. The fourth-order valence-corrected chi connectivity index (χ4v) is 3.17. The average Bonchev–Trinajstić information content (AvgIpc) is 2.31. The lowest BCUT2D eigenvalue weighted by atomic mass is 9.79. The molecule has 0 atom stereocenters. The van der Waals surface area contributed by atoms with Gasteiger partial charge in [-0.15, -0.1) is 0 Å². The van der Waals surface area contributed by atoms with Crippen LogP contribution < -0.4 is 5.32 Å². The fourth-order valence-electron chi connectivity index (χ4n) is 3.17. The Morgan fingerprint density at radius 2 is 1.56 bits per heavy atom. The largest absolute Gasteiger partial charge is 0.317 e. The Morgan fingerprint density at radius 1 is 1.00 bits per heavy atom. The standard InChI is InChI=1S/C13H27N3/c1-13(2,12-4-6-14-7-5-12)16-10-8-15(3)9-11-16/h12,14H,4-11H2,1-3H3. The van der Waals surface area contributed by atoms with E-state index in [0.717, 1.165) is 5.92 Å². The topological polar surface area (TPSA) is 18.5 Å². The lowest BCUT2D eigenvalue weighted by Gasteiger charge is -2.48. The van der Waals surface area contributed by atoms with Crippen molar-refractivity contribution in [1.29, 1.82) is 0 Å². The molecule has 1 N–H and O–H groups in total. The van der Waals surface area contributed by atoms with Gasteiger partial charge in [-0.05, 0) is 52.7 Å². The molecule has 16 heavy (non-hydrogen) atoms. The summed E-state index contributed by atoms with van der Waals surface area (Å²) < 4.78 is 0. The predicted molar refractivity (Wildman–Crippen MR) is 68.7 cm³/mol. The minimum Gasteiger partial charge on any atom is -0.317 e. The van der Waals surface area contributed by atoms with Crippen molar-refractivity contribution in [3.8, 4) is 0 Å². The average molecular weight is 225 g/mol. The molecule has 0 saturated carbocycles. The van der Waals surface area contributed by atoms with E-state index >= 15 is 0 Å². The van der Waals surface area contributed by atoms with Gasteiger partial charge in [-0.3, -0.25) is 4.90 Å². The summed E-state index contributed by atoms with van der Waals surface area (Å²) in [7, 11) is 2.23. The number of piperidine rings is 1. The highest BCUT2D eigenvalue weighted by Gasteiger charge is 2.36. The molecule has 0 radical (unpaired) electrons. The highest BCUT2D eigenvalue weighted by atomic mass is 15.3. The van der Waals surface area contributed by atoms with Crippen LogP contribution in [0.2, 0.25) is 0 Å². The van der Waals surface area contributed by atoms with Crippen molar-refractivity contribution < 1.29 is 0 Å². The van der Waals surface area contributed by atoms with Gasteiger partial charge < -0.3 is 10.2 Å². The van der Waals surface area contributed by atoms with Gasteiger partial charge in [0.05, 0.1) is 0 Å². The minimum absolute atomic E-state index is 0.392. The molecule has 0 unspecified atom stereocenters. The molecule has 2 aliphatic rings. The number of rotatable bonds is 2. The van der Waals surface area contributed by atoms with Gasteiger partial charge in [0.1, 0.15) is 0 Å². The Kier molecular flexibility index (Phi) is 3.88. The number of nitrogens with zero attached hydrogens (tertiary/aromatic N) is 2. The van der Waals surface area contributed by atoms with Crippen molar-refractivity contribution in [3.05, 3.63) is 0 Å². The third-order valence-corrected chi connectivity index (χ3v) is 4.66. The van der Waals surface area contributed by atoms with E-state index in [9.17, 15) is 0 Å². The molecule has 0 aromatic rings. The lowest BCUT2D eigenvalue weighted by molar-refractivity contribution is 0.0128. The number of hydrogen-bond donors (Lipinski definition) is 1. The molecule has 2 saturated heterocycles. The summed E-state index contributed by atoms with van der Waals surface area (Å²) in [6.07, 6.45) is 2.69. The van der Waals surface area contributed by atoms with E-state index in [-0.39, 0.29) is 0 Å². The smallest absolute Gasteiger partial charge is 0.0183 e. The van der Waals surface area contributed by atoms with E-state index in [1.807, 2.05) is 0 Å². The number of hydrogen-bond acceptors (Lipinski definition) is 3. The molecule has 0 aliphatic carbocycles. The molecule has 0 spiro atoms. The molecule has 0 amide bonds. The quantitative estimate of drug-likeness (QED) is 0.757. The predicted octanol–water partition coefficient (Wildman–Crippen LogP) is 1.01. The third-order valence-electron chi connectivity index (χ3n) is 4.66. The Balaban J connectivity index is 1.94. The highest BCUT2D eigenvalue weighted by molar-refractivity contribution is 4.92. The Bertz CT molecular complexity index is 213. The first-order chi connectivity index (χ1) is 7.60. The number of likely N-dealkylation sites (N-methyl/N-ethyl adjacent to an activating group) is 1. The van der Waals surface area contributed by atoms with Crippen LogP contribution >= 0.6 is 0 Å². The number of nitrogens with one attached hydrogen (secondary N) is 1. The van der Waals surface area contributed by atoms with E-state index in [1.165, 1.54) is 52.1 Å². The van der Waals surface area contributed by atoms with E-state index in [4.69, 9.17) is 0 Å². The van der Waals surface area contributed by atoms with Crippen LogP contribution in [-0.2, 0) is 0 Å². The monoisotopic (exact) mass is 225 g/mol. The van der Waals surface area contributed by atoms with Crippen LogP contribution in [0.25, 0.3) is 0 Å². The second-order valence-electron chi connectivity index (χ2n) is 5.97. The van der Waals surface area contributed by atoms with E-state index in [0.29, 0.717) is 5.54 Å². The van der Waals surface area contributed by atoms with Crippen LogP contribution in [0.15, 0.2) is 0 Å². The van der Waals surface area contributed by atoms with Gasteiger partial charge >= 0.3 is 0 Å². The molecule has 94 valence electrons. The first-order valence-electron chi connectivity index (χ1n) is 6.75. The summed E-state index contributed by atoms with van der Waals surface area (Å²) in [6, 6.07) is 0. The Morgan fingerprint density at radius 3 is 2.12 bits per heavy atom. The lowest BCUT2D eigenvalue weighted by Crippen LogP contribution is -2.58. The zero-order valence-corrected chi connectivity index (χ0v) is 11.1. The van der Waals surface area contributed by atoms with Crippen molar-refractivity contribution in [2.75, 3.05) is 46.3 Å². The van der Waals surface area contributed by atoms with Crippen molar-refractivity contribution in [1.82, 2.24) is 15.1 Å². The molecular weight excluding hydrogens is 198 g/mol. The molecule has 2 aliphatic heterocycles. The minimum atomic E-state index is 0.392. The molecule has 3 heteroatoms. The second-order valence-corrected chi connectivity index (χ2v) is 5.97. The van der Waals surface area contributed by atoms with Crippen molar-refractivity contribution in [3.63, 3.8) is 0 Å². The normalized spacial score (nSPS) is 27.2. The fraction of sp³-hybridized carbons (Fsp3) is 1.00. The van der Waals surface area contributed by atoms with Crippen molar-refractivity contribution in [2.45, 2.75) is 32.2 Å². The first kappa shape index (κ1) is 12.3. The number of piperazine rings is 1. The summed E-state index contributed by atoms with van der Waals surface area (Å²) in [5, 5.41) is 3.47. The molecule has 0 bridgehead atoms. The molecular formula is C13H27N3. The maximum atomic E-state index is 3.47. The van der Waals surface area contributed by atoms with Crippen molar-refractivity contribution >= 4 is 0 Å². The van der Waals surface area contributed by atoms with Gasteiger partial charge in [-0.1, -0.05) is 0 Å². The van der Waals surface area contributed by atoms with E-state index in [2.05, 4.69) is 36.0 Å². The summed E-state index contributed by atoms with van der Waals surface area (Å²) >= 11 is 0. The first-order valence-corrected chi connectivity index (χ1v) is 6.75. The van der Waals surface area contributed by atoms with Gasteiger partial charge in [-0.25, -0.2) is 0 Å². The van der Waals surface area contributed by atoms with Crippen LogP contribution in [0, 0.1) is 5.92 Å². The highest BCUT2D eigenvalue weighted by Crippen LogP contribution is 2.31. The van der Waals surface area contributed by atoms with Gasteiger partial charge in [0.2, 0.25) is 0 Å². The van der Waals surface area contributed by atoms with E-state index in [1.54, 1.807) is 0 Å². The summed E-state index contributed by atoms with van der Waals surface area (Å²) in [5.74, 6) is 0.872. The zero-order valence-electron chi connectivity index (χ0n) is 11.1. The third kappa shape index (κ3) is 2.58. The summed E-state index contributed by atoms with van der Waals surface area (Å²) in [6.45, 7) is 12.3. The molecule has 2 rings (SSSR count). The van der Waals surface area contributed by atoms with Gasteiger partial charge in [0.25, 0.3) is 0 Å². The SMILES string of the molecule is CN1CCN(C(C)(C)C2CCNCC2)CC1. The zero-order chi connectivity index (χ0) is 11.6. The molecule has 3 nitrogen and oxygen atoms in total. The van der Waals surface area contributed by atoms with Gasteiger partial charge in [0.15, 0.2) is 0 Å². The van der Waals surface area contributed by atoms with Crippen molar-refractivity contribution in [2.24, 2.45) is 5.92 Å². The van der Waals surface area contributed by atoms with E-state index < -0.39 is 0 Å². The Labute approximate surface area is 100 Å². The van der Waals surface area contributed by atoms with Gasteiger partial charge in [0, 0.05) is 31.7 Å². The van der Waals surface area contributed by atoms with Crippen LogP contribution in [0.3, 0.4) is 0 Å². The molecule has 0 aromatic carbocycles. The second kappa shape index (κ2) is 5.03. The molecule has 2 fully saturated rings. The molecule has 2 heterocycles.